The number of nitriles is 1. The van der Waals surface area contributed by atoms with Gasteiger partial charge in [-0.05, 0) is 48.5 Å². The number of carbonyl (C=O) groups excluding carboxylic acids is 2. The van der Waals surface area contributed by atoms with Crippen LogP contribution in [-0.2, 0) is 14.3 Å². The highest BCUT2D eigenvalue weighted by Crippen LogP contribution is 2.29. The van der Waals surface area contributed by atoms with Gasteiger partial charge in [-0.2, -0.15) is 5.26 Å². The summed E-state index contributed by atoms with van der Waals surface area (Å²) < 4.78 is 11.5. The molecule has 0 radical (unpaired) electrons. The van der Waals surface area contributed by atoms with E-state index in [-0.39, 0.29) is 24.9 Å². The number of likely N-dealkylation sites (tertiary alicyclic amines) is 1. The van der Waals surface area contributed by atoms with Crippen LogP contribution in [0.1, 0.15) is 31.2 Å². The summed E-state index contributed by atoms with van der Waals surface area (Å²) in [4.78, 5) is 38.6. The summed E-state index contributed by atoms with van der Waals surface area (Å²) in [6, 6.07) is 18.5. The molecule has 228 valence electrons. The molecule has 11 heteroatoms. The summed E-state index contributed by atoms with van der Waals surface area (Å²) in [6.07, 6.45) is 4.21. The fraction of sp³-hybridized carbons (Fsp3) is 0.424. The van der Waals surface area contributed by atoms with Gasteiger partial charge in [0.25, 0.3) is 0 Å². The monoisotopic (exact) mass is 595 g/mol. The standard InChI is InChI=1S/C33H37N7O4/c34-21-25-20-24(3-8-30(25)44-29-10-13-40(14-11-29)32(42)2-1-19-41)33-35-12-9-31(37-33)36-26-4-6-27(7-5-26)38-15-17-39(18-16-38)28-22-43-23-28/h3-9,12,19-20,28-29H,1-2,10-11,13-18,22-23H2,(H,35,36,37). The van der Waals surface area contributed by atoms with Crippen molar-refractivity contribution >= 4 is 29.4 Å². The van der Waals surface area contributed by atoms with E-state index in [4.69, 9.17) is 14.5 Å². The smallest absolute Gasteiger partial charge is 0.223 e. The second-order valence-electron chi connectivity index (χ2n) is 11.4. The Bertz CT molecular complexity index is 1490. The molecule has 3 aromatic rings. The zero-order valence-corrected chi connectivity index (χ0v) is 24.7. The van der Waals surface area contributed by atoms with E-state index in [9.17, 15) is 14.9 Å². The maximum atomic E-state index is 12.2. The first kappa shape index (κ1) is 29.5. The number of aromatic nitrogens is 2. The lowest BCUT2D eigenvalue weighted by Crippen LogP contribution is -2.56. The van der Waals surface area contributed by atoms with Crippen LogP contribution in [0.15, 0.2) is 54.7 Å². The number of anilines is 3. The number of benzene rings is 2. The highest BCUT2D eigenvalue weighted by atomic mass is 16.5. The molecule has 0 bridgehead atoms. The molecule has 3 aliphatic rings. The van der Waals surface area contributed by atoms with Gasteiger partial charge in [0.15, 0.2) is 5.82 Å². The molecule has 1 amide bonds. The number of hydrogen-bond acceptors (Lipinski definition) is 10. The molecular formula is C33H37N7O4. The first-order valence-corrected chi connectivity index (χ1v) is 15.3. The first-order chi connectivity index (χ1) is 21.6. The summed E-state index contributed by atoms with van der Waals surface area (Å²) in [5.41, 5.74) is 3.27. The second-order valence-corrected chi connectivity index (χ2v) is 11.4. The maximum Gasteiger partial charge on any atom is 0.223 e. The predicted molar refractivity (Wildman–Crippen MR) is 166 cm³/mol. The molecular weight excluding hydrogens is 558 g/mol. The zero-order valence-electron chi connectivity index (χ0n) is 24.7. The van der Waals surface area contributed by atoms with Crippen molar-refractivity contribution in [1.29, 1.82) is 5.26 Å². The quantitative estimate of drug-likeness (QED) is 0.348. The summed E-state index contributed by atoms with van der Waals surface area (Å²) >= 11 is 0. The molecule has 0 unspecified atom stereocenters. The van der Waals surface area contributed by atoms with E-state index in [2.05, 4.69) is 50.4 Å². The molecule has 1 aromatic heterocycles. The van der Waals surface area contributed by atoms with Crippen molar-refractivity contribution < 1.29 is 19.1 Å². The van der Waals surface area contributed by atoms with Gasteiger partial charge in [0.05, 0.1) is 24.8 Å². The Morgan fingerprint density at radius 3 is 2.50 bits per heavy atom. The molecule has 3 saturated heterocycles. The number of piperidine rings is 1. The third kappa shape index (κ3) is 6.98. The van der Waals surface area contributed by atoms with E-state index < -0.39 is 0 Å². The third-order valence-electron chi connectivity index (χ3n) is 8.53. The Kier molecular flexibility index (Phi) is 9.29. The van der Waals surface area contributed by atoms with Crippen molar-refractivity contribution in [3.05, 3.63) is 60.3 Å². The Morgan fingerprint density at radius 2 is 1.82 bits per heavy atom. The van der Waals surface area contributed by atoms with Crippen LogP contribution in [0.3, 0.4) is 0 Å². The summed E-state index contributed by atoms with van der Waals surface area (Å²) in [5, 5.41) is 13.2. The lowest BCUT2D eigenvalue weighted by molar-refractivity contribution is -0.133. The SMILES string of the molecule is N#Cc1cc(-c2nccc(Nc3ccc(N4CCN(C5COC5)CC4)cc3)n2)ccc1OC1CCN(C(=O)CCC=O)CC1. The first-order valence-electron chi connectivity index (χ1n) is 15.3. The summed E-state index contributed by atoms with van der Waals surface area (Å²) in [7, 11) is 0. The Morgan fingerprint density at radius 1 is 1.05 bits per heavy atom. The predicted octanol–water partition coefficient (Wildman–Crippen LogP) is 3.63. The fourth-order valence-corrected chi connectivity index (χ4v) is 5.85. The van der Waals surface area contributed by atoms with Gasteiger partial charge < -0.3 is 29.4 Å². The molecule has 2 aromatic carbocycles. The van der Waals surface area contributed by atoms with Crippen molar-refractivity contribution in [3.8, 4) is 23.2 Å². The van der Waals surface area contributed by atoms with Crippen LogP contribution in [0.5, 0.6) is 5.75 Å². The number of ether oxygens (including phenoxy) is 2. The van der Waals surface area contributed by atoms with Crippen LogP contribution < -0.4 is 15.0 Å². The normalized spacial score (nSPS) is 17.9. The van der Waals surface area contributed by atoms with E-state index in [1.807, 2.05) is 12.1 Å². The highest BCUT2D eigenvalue weighted by molar-refractivity contribution is 5.78. The molecule has 44 heavy (non-hydrogen) atoms. The maximum absolute atomic E-state index is 12.2. The fourth-order valence-electron chi connectivity index (χ4n) is 5.85. The van der Waals surface area contributed by atoms with Crippen LogP contribution in [-0.4, -0.2) is 96.6 Å². The van der Waals surface area contributed by atoms with Gasteiger partial charge in [0.1, 0.15) is 30.0 Å². The van der Waals surface area contributed by atoms with Gasteiger partial charge in [-0.3, -0.25) is 9.69 Å². The van der Waals surface area contributed by atoms with Crippen LogP contribution in [0.25, 0.3) is 11.4 Å². The number of carbonyl (C=O) groups is 2. The molecule has 11 nitrogen and oxygen atoms in total. The van der Waals surface area contributed by atoms with Crippen LogP contribution in [0.4, 0.5) is 17.2 Å². The molecule has 0 spiro atoms. The minimum Gasteiger partial charge on any atom is -0.489 e. The molecule has 0 atom stereocenters. The molecule has 6 rings (SSSR count). The molecule has 1 N–H and O–H groups in total. The van der Waals surface area contributed by atoms with E-state index in [1.54, 1.807) is 23.2 Å². The number of rotatable bonds is 10. The van der Waals surface area contributed by atoms with Gasteiger partial charge in [-0.1, -0.05) is 0 Å². The molecule has 3 fully saturated rings. The number of piperazine rings is 1. The van der Waals surface area contributed by atoms with Gasteiger partial charge in [0, 0.05) is 88.1 Å². The van der Waals surface area contributed by atoms with Crippen molar-refractivity contribution in [2.75, 3.05) is 62.7 Å². The van der Waals surface area contributed by atoms with Crippen LogP contribution in [0, 0.1) is 11.3 Å². The topological polar surface area (TPSA) is 124 Å². The van der Waals surface area contributed by atoms with E-state index in [0.29, 0.717) is 54.9 Å². The van der Waals surface area contributed by atoms with E-state index in [0.717, 1.165) is 56.9 Å². The van der Waals surface area contributed by atoms with E-state index in [1.165, 1.54) is 5.69 Å². The minimum absolute atomic E-state index is 0.00387. The van der Waals surface area contributed by atoms with Gasteiger partial charge >= 0.3 is 0 Å². The number of amides is 1. The lowest BCUT2D eigenvalue weighted by Gasteiger charge is -2.43. The highest BCUT2D eigenvalue weighted by Gasteiger charge is 2.29. The van der Waals surface area contributed by atoms with Crippen molar-refractivity contribution in [1.82, 2.24) is 19.8 Å². The molecule has 3 aliphatic heterocycles. The Labute approximate surface area is 257 Å². The van der Waals surface area contributed by atoms with Crippen LogP contribution >= 0.6 is 0 Å². The zero-order chi connectivity index (χ0) is 30.3. The average molecular weight is 596 g/mol. The lowest BCUT2D eigenvalue weighted by atomic mass is 10.1. The number of nitrogens with one attached hydrogen (secondary N) is 1. The Hall–Kier alpha value is -4.53. The minimum atomic E-state index is -0.0923. The molecule has 4 heterocycles. The third-order valence-corrected chi connectivity index (χ3v) is 8.53. The van der Waals surface area contributed by atoms with Gasteiger partial charge in [-0.25, -0.2) is 9.97 Å². The van der Waals surface area contributed by atoms with Crippen LogP contribution in [0.2, 0.25) is 0 Å². The molecule has 0 aliphatic carbocycles. The number of nitrogens with zero attached hydrogens (tertiary/aromatic N) is 6. The average Bonchev–Trinajstić information content (AvgIpc) is 3.04. The summed E-state index contributed by atoms with van der Waals surface area (Å²) in [6.45, 7) is 7.02. The van der Waals surface area contributed by atoms with Crippen molar-refractivity contribution in [2.45, 2.75) is 37.8 Å². The number of aldehydes is 1. The largest absolute Gasteiger partial charge is 0.489 e. The van der Waals surface area contributed by atoms with Crippen molar-refractivity contribution in [2.24, 2.45) is 0 Å². The van der Waals surface area contributed by atoms with E-state index >= 15 is 0 Å². The summed E-state index contributed by atoms with van der Waals surface area (Å²) in [5.74, 6) is 1.67. The second kappa shape index (κ2) is 13.8. The van der Waals surface area contributed by atoms with Gasteiger partial charge in [0.2, 0.25) is 5.91 Å². The van der Waals surface area contributed by atoms with Crippen molar-refractivity contribution in [3.63, 3.8) is 0 Å². The van der Waals surface area contributed by atoms with Gasteiger partial charge in [-0.15, -0.1) is 0 Å². The number of hydrogen-bond donors (Lipinski definition) is 1. The molecule has 0 saturated carbocycles. The Balaban J connectivity index is 1.05.